The molecular formula is C19H24N2O3S. The second kappa shape index (κ2) is 8.67. The van der Waals surface area contributed by atoms with Gasteiger partial charge in [-0.05, 0) is 43.2 Å². The zero-order valence-corrected chi connectivity index (χ0v) is 15.4. The summed E-state index contributed by atoms with van der Waals surface area (Å²) >= 11 is 0. The van der Waals surface area contributed by atoms with E-state index < -0.39 is 15.9 Å². The molecule has 0 fully saturated rings. The van der Waals surface area contributed by atoms with E-state index in [0.29, 0.717) is 6.54 Å². The van der Waals surface area contributed by atoms with Crippen molar-refractivity contribution in [1.29, 1.82) is 0 Å². The number of carbonyl (C=O) groups is 1. The third kappa shape index (κ3) is 5.32. The van der Waals surface area contributed by atoms with Crippen LogP contribution in [0, 0.1) is 0 Å². The van der Waals surface area contributed by atoms with Gasteiger partial charge in [0.2, 0.25) is 0 Å². The zero-order chi connectivity index (χ0) is 18.3. The van der Waals surface area contributed by atoms with Crippen LogP contribution in [-0.4, -0.2) is 27.4 Å². The van der Waals surface area contributed by atoms with Crippen molar-refractivity contribution in [3.05, 3.63) is 60.2 Å². The van der Waals surface area contributed by atoms with Crippen LogP contribution in [0.1, 0.15) is 25.8 Å². The normalized spacial score (nSPS) is 11.1. The number of para-hydroxylation sites is 1. The summed E-state index contributed by atoms with van der Waals surface area (Å²) in [6, 6.07) is 16.1. The van der Waals surface area contributed by atoms with Crippen LogP contribution < -0.4 is 9.62 Å². The van der Waals surface area contributed by atoms with E-state index in [1.54, 1.807) is 12.1 Å². The number of benzene rings is 2. The maximum Gasteiger partial charge on any atom is 0.264 e. The standard InChI is InChI=1S/C19H24N2O3S/c1-3-8-16-11-13-18(14-12-16)25(23,24)20-19(22)15-21(4-2)17-9-6-5-7-10-17/h5-7,9-14H,3-4,8,15H2,1-2H3,(H,20,22). The molecule has 0 radical (unpaired) electrons. The number of hydrogen-bond donors (Lipinski definition) is 1. The van der Waals surface area contributed by atoms with Gasteiger partial charge in [0.25, 0.3) is 15.9 Å². The third-order valence-electron chi connectivity index (χ3n) is 3.86. The molecule has 0 saturated heterocycles. The Balaban J connectivity index is 2.05. The summed E-state index contributed by atoms with van der Waals surface area (Å²) in [5.74, 6) is -0.552. The van der Waals surface area contributed by atoms with Crippen LogP contribution in [0.15, 0.2) is 59.5 Å². The number of anilines is 1. The monoisotopic (exact) mass is 360 g/mol. The van der Waals surface area contributed by atoms with E-state index in [1.165, 1.54) is 12.1 Å². The highest BCUT2D eigenvalue weighted by Crippen LogP contribution is 2.14. The largest absolute Gasteiger partial charge is 0.362 e. The summed E-state index contributed by atoms with van der Waals surface area (Å²) in [6.07, 6.45) is 1.89. The van der Waals surface area contributed by atoms with Crippen molar-refractivity contribution in [1.82, 2.24) is 4.72 Å². The molecule has 0 aliphatic heterocycles. The molecule has 0 spiro atoms. The molecule has 0 aliphatic rings. The average molecular weight is 360 g/mol. The zero-order valence-electron chi connectivity index (χ0n) is 14.6. The lowest BCUT2D eigenvalue weighted by molar-refractivity contribution is -0.118. The minimum atomic E-state index is -3.85. The van der Waals surface area contributed by atoms with Gasteiger partial charge < -0.3 is 4.90 Å². The number of nitrogens with one attached hydrogen (secondary N) is 1. The molecule has 1 N–H and O–H groups in total. The minimum absolute atomic E-state index is 0.0202. The van der Waals surface area contributed by atoms with E-state index in [1.807, 2.05) is 42.2 Å². The lowest BCUT2D eigenvalue weighted by Crippen LogP contribution is -2.40. The van der Waals surface area contributed by atoms with Crippen LogP contribution in [0.4, 0.5) is 5.69 Å². The predicted molar refractivity (Wildman–Crippen MR) is 100 cm³/mol. The Morgan fingerprint density at radius 3 is 2.20 bits per heavy atom. The van der Waals surface area contributed by atoms with Crippen molar-refractivity contribution in [2.75, 3.05) is 18.0 Å². The first kappa shape index (κ1) is 19.0. The van der Waals surface area contributed by atoms with Crippen molar-refractivity contribution in [3.63, 3.8) is 0 Å². The number of nitrogens with zero attached hydrogens (tertiary/aromatic N) is 1. The van der Waals surface area contributed by atoms with E-state index in [0.717, 1.165) is 24.1 Å². The van der Waals surface area contributed by atoms with Gasteiger partial charge in [0.05, 0.1) is 11.4 Å². The Kier molecular flexibility index (Phi) is 6.58. The van der Waals surface area contributed by atoms with Crippen LogP contribution >= 0.6 is 0 Å². The number of aryl methyl sites for hydroxylation is 1. The molecule has 0 aromatic heterocycles. The minimum Gasteiger partial charge on any atom is -0.362 e. The molecule has 0 saturated carbocycles. The summed E-state index contributed by atoms with van der Waals surface area (Å²) in [7, 11) is -3.85. The maximum absolute atomic E-state index is 12.4. The quantitative estimate of drug-likeness (QED) is 0.786. The molecule has 0 unspecified atom stereocenters. The fourth-order valence-corrected chi connectivity index (χ4v) is 3.54. The van der Waals surface area contributed by atoms with Crippen LogP contribution in [0.2, 0.25) is 0 Å². The fraction of sp³-hybridized carbons (Fsp3) is 0.316. The number of rotatable bonds is 8. The van der Waals surface area contributed by atoms with Gasteiger partial charge in [-0.15, -0.1) is 0 Å². The van der Waals surface area contributed by atoms with Gasteiger partial charge >= 0.3 is 0 Å². The van der Waals surface area contributed by atoms with Crippen LogP contribution in [0.5, 0.6) is 0 Å². The molecule has 0 atom stereocenters. The smallest absolute Gasteiger partial charge is 0.264 e. The molecule has 0 aliphatic carbocycles. The molecule has 6 heteroatoms. The number of likely N-dealkylation sites (N-methyl/N-ethyl adjacent to an activating group) is 1. The Morgan fingerprint density at radius 2 is 1.64 bits per heavy atom. The number of carbonyl (C=O) groups excluding carboxylic acids is 1. The summed E-state index contributed by atoms with van der Waals surface area (Å²) in [4.78, 5) is 14.1. The molecule has 25 heavy (non-hydrogen) atoms. The second-order valence-corrected chi connectivity index (χ2v) is 7.45. The molecule has 1 amide bonds. The molecule has 2 aromatic carbocycles. The van der Waals surface area contributed by atoms with Crippen molar-refractivity contribution >= 4 is 21.6 Å². The predicted octanol–water partition coefficient (Wildman–Crippen LogP) is 2.97. The molecule has 2 rings (SSSR count). The maximum atomic E-state index is 12.4. The molecule has 2 aromatic rings. The lowest BCUT2D eigenvalue weighted by atomic mass is 10.1. The summed E-state index contributed by atoms with van der Waals surface area (Å²) in [5.41, 5.74) is 1.95. The van der Waals surface area contributed by atoms with Crippen molar-refractivity contribution in [2.24, 2.45) is 0 Å². The summed E-state index contributed by atoms with van der Waals surface area (Å²) < 4.78 is 26.9. The van der Waals surface area contributed by atoms with Gasteiger partial charge in [0, 0.05) is 12.2 Å². The van der Waals surface area contributed by atoms with Gasteiger partial charge in [0.15, 0.2) is 0 Å². The Hall–Kier alpha value is -2.34. The van der Waals surface area contributed by atoms with E-state index in [-0.39, 0.29) is 11.4 Å². The Bertz CT molecular complexity index is 787. The second-order valence-electron chi connectivity index (χ2n) is 5.77. The fourth-order valence-electron chi connectivity index (χ4n) is 2.56. The van der Waals surface area contributed by atoms with Crippen molar-refractivity contribution in [3.8, 4) is 0 Å². The number of amides is 1. The topological polar surface area (TPSA) is 66.5 Å². The number of sulfonamides is 1. The highest BCUT2D eigenvalue weighted by molar-refractivity contribution is 7.90. The summed E-state index contributed by atoms with van der Waals surface area (Å²) in [6.45, 7) is 4.56. The van der Waals surface area contributed by atoms with Gasteiger partial charge in [-0.1, -0.05) is 43.7 Å². The van der Waals surface area contributed by atoms with E-state index in [2.05, 4.69) is 11.6 Å². The SMILES string of the molecule is CCCc1ccc(S(=O)(=O)NC(=O)CN(CC)c2ccccc2)cc1. The van der Waals surface area contributed by atoms with Gasteiger partial charge in [-0.3, -0.25) is 4.79 Å². The lowest BCUT2D eigenvalue weighted by Gasteiger charge is -2.22. The van der Waals surface area contributed by atoms with Crippen LogP contribution in [0.25, 0.3) is 0 Å². The molecule has 134 valence electrons. The highest BCUT2D eigenvalue weighted by atomic mass is 32.2. The first-order chi connectivity index (χ1) is 12.0. The Morgan fingerprint density at radius 1 is 1.00 bits per heavy atom. The van der Waals surface area contributed by atoms with Crippen molar-refractivity contribution < 1.29 is 13.2 Å². The molecule has 0 bridgehead atoms. The van der Waals surface area contributed by atoms with E-state index in [4.69, 9.17) is 0 Å². The third-order valence-corrected chi connectivity index (χ3v) is 5.25. The molecular weight excluding hydrogens is 336 g/mol. The van der Waals surface area contributed by atoms with Gasteiger partial charge in [-0.25, -0.2) is 13.1 Å². The van der Waals surface area contributed by atoms with Crippen molar-refractivity contribution in [2.45, 2.75) is 31.6 Å². The molecule has 5 nitrogen and oxygen atoms in total. The van der Waals surface area contributed by atoms with E-state index >= 15 is 0 Å². The van der Waals surface area contributed by atoms with E-state index in [9.17, 15) is 13.2 Å². The van der Waals surface area contributed by atoms with Crippen LogP contribution in [-0.2, 0) is 21.2 Å². The first-order valence-corrected chi connectivity index (χ1v) is 9.89. The van der Waals surface area contributed by atoms with Crippen LogP contribution in [0.3, 0.4) is 0 Å². The van der Waals surface area contributed by atoms with Gasteiger partial charge in [-0.2, -0.15) is 0 Å². The first-order valence-electron chi connectivity index (χ1n) is 8.41. The summed E-state index contributed by atoms with van der Waals surface area (Å²) in [5, 5.41) is 0. The average Bonchev–Trinajstić information content (AvgIpc) is 2.61. The van der Waals surface area contributed by atoms with Gasteiger partial charge in [0.1, 0.15) is 0 Å². The highest BCUT2D eigenvalue weighted by Gasteiger charge is 2.19. The Labute approximate surface area is 149 Å². The molecule has 0 heterocycles. The number of hydrogen-bond acceptors (Lipinski definition) is 4.